The molecule has 0 atom stereocenters. The monoisotopic (exact) mass is 242 g/mol. The maximum atomic E-state index is 13.3. The highest BCUT2D eigenvalue weighted by atomic mass is 19.1. The second kappa shape index (κ2) is 3.80. The van der Waals surface area contributed by atoms with Crippen molar-refractivity contribution in [1.29, 1.82) is 0 Å². The van der Waals surface area contributed by atoms with Gasteiger partial charge in [0.25, 0.3) is 0 Å². The number of fused-ring (bicyclic) bond motifs is 1. The Bertz CT molecular complexity index is 733. The number of nitrogens with two attached hydrogens (primary N) is 1. The topological polar surface area (TPSA) is 56.2 Å². The number of nitrogens with zero attached hydrogens (tertiary/aromatic N) is 3. The van der Waals surface area contributed by atoms with E-state index in [0.29, 0.717) is 5.82 Å². The summed E-state index contributed by atoms with van der Waals surface area (Å²) in [5.74, 6) is 0.112. The number of hydrogen-bond donors (Lipinski definition) is 1. The largest absolute Gasteiger partial charge is 0.396 e. The van der Waals surface area contributed by atoms with Crippen molar-refractivity contribution in [1.82, 2.24) is 14.6 Å². The zero-order valence-electron chi connectivity index (χ0n) is 9.76. The van der Waals surface area contributed by atoms with Crippen molar-refractivity contribution in [2.75, 3.05) is 5.73 Å². The van der Waals surface area contributed by atoms with Crippen LogP contribution < -0.4 is 5.73 Å². The average Bonchev–Trinajstić information content (AvgIpc) is 2.80. The molecule has 2 N–H and O–H groups in total. The molecule has 5 heteroatoms. The van der Waals surface area contributed by atoms with Crippen molar-refractivity contribution in [3.05, 3.63) is 48.0 Å². The normalized spacial score (nSPS) is 11.0. The van der Waals surface area contributed by atoms with E-state index in [9.17, 15) is 4.39 Å². The highest BCUT2D eigenvalue weighted by Gasteiger charge is 2.10. The molecule has 90 valence electrons. The fourth-order valence-corrected chi connectivity index (χ4v) is 1.89. The van der Waals surface area contributed by atoms with Gasteiger partial charge in [0.2, 0.25) is 0 Å². The van der Waals surface area contributed by atoms with Crippen LogP contribution in [0.5, 0.6) is 0 Å². The number of nitrogen functional groups attached to an aromatic ring is 1. The van der Waals surface area contributed by atoms with Gasteiger partial charge in [-0.1, -0.05) is 0 Å². The minimum absolute atomic E-state index is 0.104. The Morgan fingerprint density at radius 3 is 3.00 bits per heavy atom. The van der Waals surface area contributed by atoms with E-state index >= 15 is 0 Å². The quantitative estimate of drug-likeness (QED) is 0.667. The molecule has 3 rings (SSSR count). The van der Waals surface area contributed by atoms with Gasteiger partial charge in [0, 0.05) is 11.8 Å². The summed E-state index contributed by atoms with van der Waals surface area (Å²) in [6.45, 7) is 1.81. The van der Waals surface area contributed by atoms with Crippen molar-refractivity contribution in [3.8, 4) is 11.4 Å². The van der Waals surface area contributed by atoms with E-state index in [1.807, 2.05) is 18.3 Å². The number of benzene rings is 1. The molecule has 18 heavy (non-hydrogen) atoms. The molecule has 0 unspecified atom stereocenters. The summed E-state index contributed by atoms with van der Waals surface area (Å²) in [6, 6.07) is 6.76. The maximum Gasteiger partial charge on any atom is 0.180 e. The standard InChI is InChI=1S/C13H11FN4/c1-8-5-11(14)12(15)6-10(8)13-16-7-9-3-2-4-18(9)17-13/h2-7H,15H2,1H3. The zero-order chi connectivity index (χ0) is 12.7. The lowest BCUT2D eigenvalue weighted by molar-refractivity contribution is 0.631. The molecule has 2 heterocycles. The van der Waals surface area contributed by atoms with Crippen molar-refractivity contribution in [3.63, 3.8) is 0 Å². The molecule has 3 aromatic rings. The molecule has 0 aliphatic carbocycles. The molecule has 1 aromatic carbocycles. The number of anilines is 1. The summed E-state index contributed by atoms with van der Waals surface area (Å²) >= 11 is 0. The second-order valence-corrected chi connectivity index (χ2v) is 4.15. The van der Waals surface area contributed by atoms with Gasteiger partial charge in [-0.25, -0.2) is 13.9 Å². The van der Waals surface area contributed by atoms with Crippen LogP contribution in [0.3, 0.4) is 0 Å². The molecule has 4 nitrogen and oxygen atoms in total. The van der Waals surface area contributed by atoms with Crippen LogP contribution in [0, 0.1) is 12.7 Å². The molecule has 0 saturated heterocycles. The van der Waals surface area contributed by atoms with Crippen LogP contribution in [0.25, 0.3) is 16.9 Å². The second-order valence-electron chi connectivity index (χ2n) is 4.15. The first kappa shape index (κ1) is 10.7. The van der Waals surface area contributed by atoms with E-state index in [2.05, 4.69) is 10.1 Å². The molecule has 0 fully saturated rings. The zero-order valence-corrected chi connectivity index (χ0v) is 9.76. The first-order valence-electron chi connectivity index (χ1n) is 5.51. The van der Waals surface area contributed by atoms with Gasteiger partial charge >= 0.3 is 0 Å². The van der Waals surface area contributed by atoms with Crippen LogP contribution >= 0.6 is 0 Å². The summed E-state index contributed by atoms with van der Waals surface area (Å²) in [6.07, 6.45) is 3.56. The summed E-state index contributed by atoms with van der Waals surface area (Å²) in [5.41, 5.74) is 8.09. The van der Waals surface area contributed by atoms with Crippen LogP contribution in [0.2, 0.25) is 0 Å². The molecule has 0 radical (unpaired) electrons. The Labute approximate surface area is 103 Å². The van der Waals surface area contributed by atoms with Gasteiger partial charge in [0.1, 0.15) is 5.82 Å². The number of aryl methyl sites for hydroxylation is 1. The highest BCUT2D eigenvalue weighted by Crippen LogP contribution is 2.24. The summed E-state index contributed by atoms with van der Waals surface area (Å²) < 4.78 is 15.0. The van der Waals surface area contributed by atoms with Crippen LogP contribution in [-0.2, 0) is 0 Å². The van der Waals surface area contributed by atoms with Gasteiger partial charge in [0.05, 0.1) is 17.4 Å². The lowest BCUT2D eigenvalue weighted by Crippen LogP contribution is -2.00. The number of hydrogen-bond acceptors (Lipinski definition) is 3. The first-order valence-corrected chi connectivity index (χ1v) is 5.51. The molecule has 0 amide bonds. The lowest BCUT2D eigenvalue weighted by atomic mass is 10.1. The van der Waals surface area contributed by atoms with E-state index in [-0.39, 0.29) is 5.69 Å². The third-order valence-corrected chi connectivity index (χ3v) is 2.86. The fraction of sp³-hybridized carbons (Fsp3) is 0.0769. The molecule has 0 bridgehead atoms. The van der Waals surface area contributed by atoms with Crippen molar-refractivity contribution in [2.24, 2.45) is 0 Å². The third-order valence-electron chi connectivity index (χ3n) is 2.86. The summed E-state index contributed by atoms with van der Waals surface area (Å²) in [4.78, 5) is 4.27. The van der Waals surface area contributed by atoms with Crippen molar-refractivity contribution < 1.29 is 4.39 Å². The fourth-order valence-electron chi connectivity index (χ4n) is 1.89. The predicted octanol–water partition coefficient (Wildman–Crippen LogP) is 2.43. The maximum absolute atomic E-state index is 13.3. The number of rotatable bonds is 1. The average molecular weight is 242 g/mol. The minimum Gasteiger partial charge on any atom is -0.396 e. The molecule has 2 aromatic heterocycles. The van der Waals surface area contributed by atoms with E-state index in [1.165, 1.54) is 6.07 Å². The molecule has 0 spiro atoms. The van der Waals surface area contributed by atoms with Crippen LogP contribution in [-0.4, -0.2) is 14.6 Å². The van der Waals surface area contributed by atoms with E-state index in [0.717, 1.165) is 16.6 Å². The Kier molecular flexibility index (Phi) is 2.26. The lowest BCUT2D eigenvalue weighted by Gasteiger charge is -2.07. The number of halogens is 1. The molecular weight excluding hydrogens is 231 g/mol. The van der Waals surface area contributed by atoms with Crippen LogP contribution in [0.4, 0.5) is 10.1 Å². The SMILES string of the molecule is Cc1cc(F)c(N)cc1-c1ncc2cccn2n1. The molecular formula is C13H11FN4. The van der Waals surface area contributed by atoms with Crippen LogP contribution in [0.1, 0.15) is 5.56 Å². The predicted molar refractivity (Wildman–Crippen MR) is 67.5 cm³/mol. The van der Waals surface area contributed by atoms with E-state index in [1.54, 1.807) is 23.7 Å². The van der Waals surface area contributed by atoms with Gasteiger partial charge < -0.3 is 5.73 Å². The summed E-state index contributed by atoms with van der Waals surface area (Å²) in [7, 11) is 0. The van der Waals surface area contributed by atoms with Gasteiger partial charge in [-0.05, 0) is 36.8 Å². The Balaban J connectivity index is 2.21. The Hall–Kier alpha value is -2.43. The van der Waals surface area contributed by atoms with Gasteiger partial charge in [-0.15, -0.1) is 5.10 Å². The van der Waals surface area contributed by atoms with Gasteiger partial charge in [-0.2, -0.15) is 0 Å². The molecule has 0 saturated carbocycles. The molecule has 0 aliphatic heterocycles. The highest BCUT2D eigenvalue weighted by molar-refractivity contribution is 5.66. The first-order chi connectivity index (χ1) is 8.65. The molecule has 0 aliphatic rings. The Morgan fingerprint density at radius 1 is 1.33 bits per heavy atom. The Morgan fingerprint density at radius 2 is 2.17 bits per heavy atom. The smallest absolute Gasteiger partial charge is 0.180 e. The minimum atomic E-state index is -0.418. The summed E-state index contributed by atoms with van der Waals surface area (Å²) in [5, 5.41) is 4.36. The third kappa shape index (κ3) is 1.60. The van der Waals surface area contributed by atoms with Crippen molar-refractivity contribution >= 4 is 11.2 Å². The van der Waals surface area contributed by atoms with E-state index in [4.69, 9.17) is 5.73 Å². The van der Waals surface area contributed by atoms with Gasteiger partial charge in [-0.3, -0.25) is 0 Å². The van der Waals surface area contributed by atoms with Crippen molar-refractivity contribution in [2.45, 2.75) is 6.92 Å². The van der Waals surface area contributed by atoms with Gasteiger partial charge in [0.15, 0.2) is 5.82 Å². The number of aromatic nitrogens is 3. The van der Waals surface area contributed by atoms with E-state index < -0.39 is 5.82 Å². The van der Waals surface area contributed by atoms with Crippen LogP contribution in [0.15, 0.2) is 36.7 Å².